The molecule has 100 valence electrons. The number of hydrogen-bond donors (Lipinski definition) is 2. The average Bonchev–Trinajstić information content (AvgIpc) is 2.43. The monoisotopic (exact) mass is 274 g/mol. The van der Waals surface area contributed by atoms with E-state index in [1.165, 1.54) is 4.90 Å². The molecule has 19 heavy (non-hydrogen) atoms. The number of nitrogens with zero attached hydrogens (tertiary/aromatic N) is 2. The Balaban J connectivity index is 2.29. The average molecular weight is 274 g/mol. The minimum atomic E-state index is 0.748. The molecule has 0 saturated heterocycles. The molecule has 5 heteroatoms. The van der Waals surface area contributed by atoms with Crippen LogP contribution in [0.1, 0.15) is 11.4 Å². The van der Waals surface area contributed by atoms with Gasteiger partial charge in [0.15, 0.2) is 0 Å². The van der Waals surface area contributed by atoms with Crippen LogP contribution in [0.2, 0.25) is 0 Å². The summed E-state index contributed by atoms with van der Waals surface area (Å²) in [7, 11) is 1.87. The van der Waals surface area contributed by atoms with E-state index in [4.69, 9.17) is 0 Å². The number of rotatable bonds is 4. The molecular weight excluding hydrogens is 256 g/mol. The lowest BCUT2D eigenvalue weighted by Crippen LogP contribution is -2.05. The molecule has 4 nitrogen and oxygen atoms in total. The molecule has 1 aromatic heterocycles. The highest BCUT2D eigenvalue weighted by Gasteiger charge is 2.08. The maximum Gasteiger partial charge on any atom is 0.139 e. The zero-order valence-electron chi connectivity index (χ0n) is 11.6. The second-order valence-corrected chi connectivity index (χ2v) is 5.08. The Hall–Kier alpha value is -1.75. The summed E-state index contributed by atoms with van der Waals surface area (Å²) in [4.78, 5) is 10.1. The molecule has 0 amide bonds. The van der Waals surface area contributed by atoms with Gasteiger partial charge in [-0.1, -0.05) is 0 Å². The Bertz CT molecular complexity index is 566. The molecule has 2 rings (SSSR count). The number of aromatic nitrogens is 2. The van der Waals surface area contributed by atoms with E-state index in [2.05, 4.69) is 51.1 Å². The lowest BCUT2D eigenvalue weighted by Gasteiger charge is -2.12. The van der Waals surface area contributed by atoms with Crippen LogP contribution in [0, 0.1) is 13.8 Å². The van der Waals surface area contributed by atoms with Crippen LogP contribution in [0.15, 0.2) is 29.2 Å². The zero-order valence-corrected chi connectivity index (χ0v) is 12.4. The second-order valence-electron chi connectivity index (χ2n) is 4.20. The summed E-state index contributed by atoms with van der Waals surface area (Å²) < 4.78 is 0. The lowest BCUT2D eigenvalue weighted by molar-refractivity contribution is 1.03. The summed E-state index contributed by atoms with van der Waals surface area (Å²) in [5.74, 6) is 2.45. The van der Waals surface area contributed by atoms with Gasteiger partial charge in [-0.2, -0.15) is 0 Å². The van der Waals surface area contributed by atoms with E-state index < -0.39 is 0 Å². The zero-order chi connectivity index (χ0) is 13.8. The Morgan fingerprint density at radius 1 is 1.00 bits per heavy atom. The fraction of sp³-hybridized carbons (Fsp3) is 0.286. The topological polar surface area (TPSA) is 49.8 Å². The molecule has 1 heterocycles. The van der Waals surface area contributed by atoms with Crippen molar-refractivity contribution in [3.05, 3.63) is 35.7 Å². The molecule has 0 bridgehead atoms. The maximum absolute atomic E-state index is 4.45. The highest BCUT2D eigenvalue weighted by Crippen LogP contribution is 2.24. The van der Waals surface area contributed by atoms with Gasteiger partial charge in [0.1, 0.15) is 17.5 Å². The first-order chi connectivity index (χ1) is 9.13. The van der Waals surface area contributed by atoms with Crippen LogP contribution >= 0.6 is 11.8 Å². The van der Waals surface area contributed by atoms with Crippen molar-refractivity contribution >= 4 is 29.1 Å². The standard InChI is InChI=1S/C14H18N4S/c1-9-13(15-3)16-10(2)17-14(9)18-11-5-7-12(19-4)8-6-11/h5-8H,1-4H3,(H2,15,16,17,18). The molecule has 0 atom stereocenters. The Morgan fingerprint density at radius 3 is 2.21 bits per heavy atom. The van der Waals surface area contributed by atoms with Gasteiger partial charge in [0, 0.05) is 23.2 Å². The van der Waals surface area contributed by atoms with Gasteiger partial charge in [-0.05, 0) is 44.4 Å². The molecule has 0 aliphatic heterocycles. The van der Waals surface area contributed by atoms with Crippen molar-refractivity contribution in [3.8, 4) is 0 Å². The molecule has 0 aliphatic carbocycles. The first kappa shape index (κ1) is 13.7. The molecule has 0 saturated carbocycles. The quantitative estimate of drug-likeness (QED) is 0.834. The van der Waals surface area contributed by atoms with Crippen molar-refractivity contribution in [2.45, 2.75) is 18.7 Å². The molecule has 0 radical (unpaired) electrons. The number of anilines is 3. The Labute approximate surface area is 118 Å². The summed E-state index contributed by atoms with van der Waals surface area (Å²) in [6.45, 7) is 3.89. The van der Waals surface area contributed by atoms with E-state index in [1.807, 2.05) is 20.9 Å². The summed E-state index contributed by atoms with van der Waals surface area (Å²) >= 11 is 1.73. The highest BCUT2D eigenvalue weighted by atomic mass is 32.2. The van der Waals surface area contributed by atoms with Crippen molar-refractivity contribution in [2.24, 2.45) is 0 Å². The van der Waals surface area contributed by atoms with Crippen LogP contribution in [-0.4, -0.2) is 23.3 Å². The smallest absolute Gasteiger partial charge is 0.139 e. The first-order valence-electron chi connectivity index (χ1n) is 6.08. The molecule has 1 aromatic carbocycles. The predicted molar refractivity (Wildman–Crippen MR) is 82.6 cm³/mol. The third-order valence-electron chi connectivity index (χ3n) is 2.85. The number of benzene rings is 1. The Kier molecular flexibility index (Phi) is 4.27. The molecule has 2 aromatic rings. The van der Waals surface area contributed by atoms with E-state index in [0.717, 1.165) is 28.7 Å². The minimum absolute atomic E-state index is 0.748. The van der Waals surface area contributed by atoms with Crippen molar-refractivity contribution in [3.63, 3.8) is 0 Å². The van der Waals surface area contributed by atoms with E-state index in [0.29, 0.717) is 0 Å². The largest absolute Gasteiger partial charge is 0.373 e. The van der Waals surface area contributed by atoms with Gasteiger partial charge in [-0.25, -0.2) is 9.97 Å². The van der Waals surface area contributed by atoms with E-state index in [1.54, 1.807) is 11.8 Å². The third kappa shape index (κ3) is 3.17. The fourth-order valence-electron chi connectivity index (χ4n) is 1.80. The molecule has 0 aliphatic rings. The van der Waals surface area contributed by atoms with Crippen molar-refractivity contribution in [1.82, 2.24) is 9.97 Å². The number of hydrogen-bond acceptors (Lipinski definition) is 5. The molecular formula is C14H18N4S. The summed E-state index contributed by atoms with van der Waals surface area (Å²) in [6, 6.07) is 8.30. The van der Waals surface area contributed by atoms with Crippen LogP contribution in [-0.2, 0) is 0 Å². The Morgan fingerprint density at radius 2 is 1.63 bits per heavy atom. The van der Waals surface area contributed by atoms with Crippen LogP contribution in [0.5, 0.6) is 0 Å². The molecule has 2 N–H and O–H groups in total. The van der Waals surface area contributed by atoms with Crippen LogP contribution in [0.4, 0.5) is 17.3 Å². The molecule has 0 spiro atoms. The van der Waals surface area contributed by atoms with Gasteiger partial charge in [0.25, 0.3) is 0 Å². The third-order valence-corrected chi connectivity index (χ3v) is 3.59. The second kappa shape index (κ2) is 5.93. The normalized spacial score (nSPS) is 10.3. The molecule has 0 unspecified atom stereocenters. The fourth-order valence-corrected chi connectivity index (χ4v) is 2.21. The highest BCUT2D eigenvalue weighted by molar-refractivity contribution is 7.98. The van der Waals surface area contributed by atoms with Crippen molar-refractivity contribution in [2.75, 3.05) is 23.9 Å². The van der Waals surface area contributed by atoms with Crippen LogP contribution in [0.3, 0.4) is 0 Å². The van der Waals surface area contributed by atoms with E-state index in [9.17, 15) is 0 Å². The van der Waals surface area contributed by atoms with Crippen molar-refractivity contribution < 1.29 is 0 Å². The van der Waals surface area contributed by atoms with Gasteiger partial charge in [0.05, 0.1) is 0 Å². The van der Waals surface area contributed by atoms with Gasteiger partial charge < -0.3 is 10.6 Å². The van der Waals surface area contributed by atoms with E-state index in [-0.39, 0.29) is 0 Å². The summed E-state index contributed by atoms with van der Waals surface area (Å²) in [6.07, 6.45) is 2.07. The van der Waals surface area contributed by atoms with Gasteiger partial charge in [0.2, 0.25) is 0 Å². The first-order valence-corrected chi connectivity index (χ1v) is 7.30. The van der Waals surface area contributed by atoms with Crippen molar-refractivity contribution in [1.29, 1.82) is 0 Å². The number of aryl methyl sites for hydroxylation is 1. The summed E-state index contributed by atoms with van der Waals surface area (Å²) in [5, 5.41) is 6.42. The minimum Gasteiger partial charge on any atom is -0.373 e. The summed E-state index contributed by atoms with van der Waals surface area (Å²) in [5.41, 5.74) is 2.04. The number of nitrogens with one attached hydrogen (secondary N) is 2. The van der Waals surface area contributed by atoms with Gasteiger partial charge in [-0.15, -0.1) is 11.8 Å². The number of thioether (sulfide) groups is 1. The van der Waals surface area contributed by atoms with Crippen LogP contribution in [0.25, 0.3) is 0 Å². The predicted octanol–water partition coefficient (Wildman–Crippen LogP) is 3.60. The lowest BCUT2D eigenvalue weighted by atomic mass is 10.2. The molecule has 0 fully saturated rings. The SMILES string of the molecule is CNc1nc(C)nc(Nc2ccc(SC)cc2)c1C. The van der Waals surface area contributed by atoms with E-state index >= 15 is 0 Å². The van der Waals surface area contributed by atoms with Crippen LogP contribution < -0.4 is 10.6 Å². The van der Waals surface area contributed by atoms with Gasteiger partial charge >= 0.3 is 0 Å². The van der Waals surface area contributed by atoms with Gasteiger partial charge in [-0.3, -0.25) is 0 Å². The maximum atomic E-state index is 4.45.